The lowest BCUT2D eigenvalue weighted by Gasteiger charge is -2.18. The smallest absolute Gasteiger partial charge is 0.159 e. The van der Waals surface area contributed by atoms with Crippen LogP contribution in [0.25, 0.3) is 16.9 Å². The van der Waals surface area contributed by atoms with Crippen LogP contribution < -0.4 is 0 Å². The molecule has 4 aromatic rings. The van der Waals surface area contributed by atoms with E-state index in [4.69, 9.17) is 9.97 Å². The summed E-state index contributed by atoms with van der Waals surface area (Å²) in [6.45, 7) is 10.3. The monoisotopic (exact) mass is 401 g/mol. The highest BCUT2D eigenvalue weighted by Crippen LogP contribution is 2.54. The van der Waals surface area contributed by atoms with E-state index < -0.39 is 0 Å². The van der Waals surface area contributed by atoms with Crippen LogP contribution in [0.2, 0.25) is 0 Å². The van der Waals surface area contributed by atoms with E-state index in [0.717, 1.165) is 46.7 Å². The van der Waals surface area contributed by atoms with Gasteiger partial charge in [0.2, 0.25) is 0 Å². The summed E-state index contributed by atoms with van der Waals surface area (Å²) in [4.78, 5) is 19.0. The Balaban J connectivity index is 1.52. The van der Waals surface area contributed by atoms with E-state index in [9.17, 15) is 0 Å². The van der Waals surface area contributed by atoms with Crippen molar-refractivity contribution in [2.45, 2.75) is 58.3 Å². The van der Waals surface area contributed by atoms with E-state index in [1.54, 1.807) is 0 Å². The molecule has 5 rings (SSSR count). The number of hydrogen-bond donors (Lipinski definition) is 0. The zero-order valence-electron chi connectivity index (χ0n) is 18.4. The van der Waals surface area contributed by atoms with Gasteiger partial charge in [0, 0.05) is 30.4 Å². The Kier molecular flexibility index (Phi) is 4.07. The number of hydrogen-bond acceptors (Lipinski definition) is 5. The van der Waals surface area contributed by atoms with Gasteiger partial charge in [0.05, 0.1) is 16.7 Å². The zero-order valence-corrected chi connectivity index (χ0v) is 18.4. The van der Waals surface area contributed by atoms with Crippen molar-refractivity contribution < 1.29 is 0 Å². The lowest BCUT2D eigenvalue weighted by molar-refractivity contribution is 0.522. The average molecular weight is 402 g/mol. The van der Waals surface area contributed by atoms with Crippen molar-refractivity contribution >= 4 is 11.0 Å². The van der Waals surface area contributed by atoms with Crippen LogP contribution in [0.15, 0.2) is 30.3 Å². The lowest BCUT2D eigenvalue weighted by atomic mass is 9.96. The SMILES string of the molecule is Cc1nc(C2CC2c2nc3ccccc3n2C)cc(-n2nc(C)nc2C(C)(C)C)n1. The van der Waals surface area contributed by atoms with E-state index in [1.807, 2.05) is 24.6 Å². The van der Waals surface area contributed by atoms with Crippen LogP contribution in [0, 0.1) is 13.8 Å². The molecule has 3 aromatic heterocycles. The maximum atomic E-state index is 4.89. The molecule has 30 heavy (non-hydrogen) atoms. The van der Waals surface area contributed by atoms with Crippen molar-refractivity contribution in [2.75, 3.05) is 0 Å². The molecule has 1 aliphatic carbocycles. The van der Waals surface area contributed by atoms with Crippen molar-refractivity contribution in [1.29, 1.82) is 0 Å². The fourth-order valence-electron chi connectivity index (χ4n) is 4.24. The minimum absolute atomic E-state index is 0.130. The summed E-state index contributed by atoms with van der Waals surface area (Å²) in [6, 6.07) is 10.4. The van der Waals surface area contributed by atoms with Crippen LogP contribution in [-0.4, -0.2) is 34.3 Å². The molecule has 0 bridgehead atoms. The fourth-order valence-corrected chi connectivity index (χ4v) is 4.24. The van der Waals surface area contributed by atoms with Gasteiger partial charge in [0.25, 0.3) is 0 Å². The van der Waals surface area contributed by atoms with E-state index in [1.165, 1.54) is 5.52 Å². The second kappa shape index (κ2) is 6.45. The largest absolute Gasteiger partial charge is 0.331 e. The van der Waals surface area contributed by atoms with Crippen molar-refractivity contribution in [3.8, 4) is 5.82 Å². The number of benzene rings is 1. The van der Waals surface area contributed by atoms with E-state index >= 15 is 0 Å². The summed E-state index contributed by atoms with van der Waals surface area (Å²) in [5, 5.41) is 4.63. The molecule has 1 aromatic carbocycles. The number of aromatic nitrogens is 7. The van der Waals surface area contributed by atoms with Gasteiger partial charge in [-0.1, -0.05) is 32.9 Å². The highest BCUT2D eigenvalue weighted by molar-refractivity contribution is 5.76. The molecular weight excluding hydrogens is 374 g/mol. The third kappa shape index (κ3) is 3.09. The van der Waals surface area contributed by atoms with Crippen molar-refractivity contribution in [2.24, 2.45) is 7.05 Å². The van der Waals surface area contributed by atoms with E-state index in [2.05, 4.69) is 71.7 Å². The van der Waals surface area contributed by atoms with E-state index in [0.29, 0.717) is 11.8 Å². The minimum atomic E-state index is -0.130. The van der Waals surface area contributed by atoms with Crippen LogP contribution in [0.4, 0.5) is 0 Å². The normalized spacial score (nSPS) is 18.9. The van der Waals surface area contributed by atoms with Gasteiger partial charge >= 0.3 is 0 Å². The molecule has 7 heteroatoms. The van der Waals surface area contributed by atoms with Gasteiger partial charge in [-0.25, -0.2) is 19.9 Å². The summed E-state index contributed by atoms with van der Waals surface area (Å²) < 4.78 is 4.09. The Bertz CT molecular complexity index is 1260. The first-order chi connectivity index (χ1) is 14.2. The first-order valence-electron chi connectivity index (χ1n) is 10.4. The molecular formula is C23H27N7. The van der Waals surface area contributed by atoms with Crippen LogP contribution in [-0.2, 0) is 12.5 Å². The topological polar surface area (TPSA) is 74.3 Å². The fraction of sp³-hybridized carbons (Fsp3) is 0.435. The molecule has 3 heterocycles. The number of nitrogens with zero attached hydrogens (tertiary/aromatic N) is 7. The van der Waals surface area contributed by atoms with Crippen LogP contribution in [0.3, 0.4) is 0 Å². The molecule has 0 amide bonds. The van der Waals surface area contributed by atoms with Crippen LogP contribution >= 0.6 is 0 Å². The van der Waals surface area contributed by atoms with Gasteiger partial charge in [0.1, 0.15) is 23.3 Å². The average Bonchev–Trinajstić information content (AvgIpc) is 3.27. The summed E-state index contributed by atoms with van der Waals surface area (Å²) >= 11 is 0. The third-order valence-electron chi connectivity index (χ3n) is 5.77. The summed E-state index contributed by atoms with van der Waals surface area (Å²) in [5.41, 5.74) is 3.15. The predicted octanol–water partition coefficient (Wildman–Crippen LogP) is 4.13. The van der Waals surface area contributed by atoms with Crippen molar-refractivity contribution in [3.63, 3.8) is 0 Å². The summed E-state index contributed by atoms with van der Waals surface area (Å²) in [6.07, 6.45) is 1.05. The number of rotatable bonds is 3. The second-order valence-electron chi connectivity index (χ2n) is 9.31. The van der Waals surface area contributed by atoms with Crippen molar-refractivity contribution in [3.05, 3.63) is 59.3 Å². The predicted molar refractivity (Wildman–Crippen MR) is 116 cm³/mol. The van der Waals surface area contributed by atoms with E-state index in [-0.39, 0.29) is 5.41 Å². The zero-order chi connectivity index (χ0) is 21.2. The number of aryl methyl sites for hydroxylation is 3. The minimum Gasteiger partial charge on any atom is -0.331 e. The Morgan fingerprint density at radius 2 is 1.70 bits per heavy atom. The molecule has 0 saturated heterocycles. The van der Waals surface area contributed by atoms with Gasteiger partial charge in [-0.3, -0.25) is 0 Å². The molecule has 0 aliphatic heterocycles. The molecule has 0 N–H and O–H groups in total. The Morgan fingerprint density at radius 1 is 0.933 bits per heavy atom. The highest BCUT2D eigenvalue weighted by Gasteiger charge is 2.44. The molecule has 2 unspecified atom stereocenters. The molecule has 154 valence electrons. The Hall–Kier alpha value is -3.09. The van der Waals surface area contributed by atoms with Gasteiger partial charge in [0.15, 0.2) is 5.82 Å². The molecule has 0 spiro atoms. The molecule has 7 nitrogen and oxygen atoms in total. The quantitative estimate of drug-likeness (QED) is 0.516. The first-order valence-corrected chi connectivity index (χ1v) is 10.4. The maximum absolute atomic E-state index is 4.89. The number of fused-ring (bicyclic) bond motifs is 1. The molecule has 1 saturated carbocycles. The third-order valence-corrected chi connectivity index (χ3v) is 5.77. The second-order valence-corrected chi connectivity index (χ2v) is 9.31. The standard InChI is InChI=1S/C23H27N7/c1-13-24-18(12-20(25-13)30-22(23(3,4)5)26-14(2)28-30)15-11-16(15)21-27-17-9-7-8-10-19(17)29(21)6/h7-10,12,15-16H,11H2,1-6H3. The number of para-hydroxylation sites is 2. The Morgan fingerprint density at radius 3 is 2.43 bits per heavy atom. The molecule has 0 radical (unpaired) electrons. The van der Waals surface area contributed by atoms with Crippen molar-refractivity contribution in [1.82, 2.24) is 34.3 Å². The van der Waals surface area contributed by atoms with Gasteiger partial charge in [-0.05, 0) is 32.4 Å². The van der Waals surface area contributed by atoms with Gasteiger partial charge in [-0.15, -0.1) is 5.10 Å². The highest BCUT2D eigenvalue weighted by atomic mass is 15.4. The maximum Gasteiger partial charge on any atom is 0.159 e. The molecule has 1 aliphatic rings. The Labute approximate surface area is 176 Å². The first kappa shape index (κ1) is 18.9. The number of imidazole rings is 1. The van der Waals surface area contributed by atoms with Crippen LogP contribution in [0.1, 0.15) is 68.0 Å². The summed E-state index contributed by atoms with van der Waals surface area (Å²) in [7, 11) is 2.10. The summed E-state index contributed by atoms with van der Waals surface area (Å²) in [5.74, 6) is 5.07. The molecule has 1 fully saturated rings. The molecule has 2 atom stereocenters. The lowest BCUT2D eigenvalue weighted by Crippen LogP contribution is -2.20. The van der Waals surface area contributed by atoms with Gasteiger partial charge in [-0.2, -0.15) is 4.68 Å². The van der Waals surface area contributed by atoms with Gasteiger partial charge < -0.3 is 4.57 Å². The van der Waals surface area contributed by atoms with Crippen LogP contribution in [0.5, 0.6) is 0 Å².